The normalized spacial score (nSPS) is 29.2. The number of piperidine rings is 1. The number of carbonyl (C=O) groups excluding carboxylic acids is 1. The molecule has 2 aliphatic rings. The lowest BCUT2D eigenvalue weighted by Gasteiger charge is -2.61. The van der Waals surface area contributed by atoms with Crippen molar-refractivity contribution in [2.75, 3.05) is 19.8 Å². The molecule has 1 N–H and O–H groups in total. The molecule has 0 aromatic heterocycles. The van der Waals surface area contributed by atoms with Crippen LogP contribution in [-0.2, 0) is 4.79 Å². The third-order valence-electron chi connectivity index (χ3n) is 5.64. The van der Waals surface area contributed by atoms with E-state index in [1.165, 1.54) is 0 Å². The molecule has 4 heteroatoms. The van der Waals surface area contributed by atoms with Gasteiger partial charge in [0.05, 0.1) is 23.7 Å². The lowest BCUT2D eigenvalue weighted by Crippen LogP contribution is -2.74. The smallest absolute Gasteiger partial charge is 0.232 e. The summed E-state index contributed by atoms with van der Waals surface area (Å²) in [5.74, 6) is 0.683. The van der Waals surface area contributed by atoms with Gasteiger partial charge in [0.1, 0.15) is 0 Å². The van der Waals surface area contributed by atoms with Gasteiger partial charge < -0.3 is 10.0 Å². The van der Waals surface area contributed by atoms with Crippen molar-refractivity contribution in [2.24, 2.45) is 11.3 Å². The van der Waals surface area contributed by atoms with Crippen LogP contribution in [0.5, 0.6) is 0 Å². The molecule has 0 bridgehead atoms. The summed E-state index contributed by atoms with van der Waals surface area (Å²) in [6.07, 6.45) is 1.86. The molecular formula is C15H28N2O2. The zero-order valence-electron chi connectivity index (χ0n) is 12.9. The van der Waals surface area contributed by atoms with Crippen LogP contribution in [0.25, 0.3) is 0 Å². The van der Waals surface area contributed by atoms with Crippen molar-refractivity contribution in [2.45, 2.75) is 59.1 Å². The van der Waals surface area contributed by atoms with E-state index in [0.29, 0.717) is 5.92 Å². The van der Waals surface area contributed by atoms with Gasteiger partial charge in [-0.15, -0.1) is 0 Å². The van der Waals surface area contributed by atoms with Crippen LogP contribution in [0.3, 0.4) is 0 Å². The summed E-state index contributed by atoms with van der Waals surface area (Å²) < 4.78 is 0. The number of hydrogen-bond acceptors (Lipinski definition) is 3. The van der Waals surface area contributed by atoms with E-state index in [9.17, 15) is 9.90 Å². The summed E-state index contributed by atoms with van der Waals surface area (Å²) in [5.41, 5.74) is -0.309. The zero-order chi connectivity index (χ0) is 14.4. The van der Waals surface area contributed by atoms with E-state index in [1.807, 2.05) is 25.7 Å². The predicted molar refractivity (Wildman–Crippen MR) is 75.6 cm³/mol. The minimum absolute atomic E-state index is 0.0643. The number of rotatable bonds is 3. The SMILES string of the molecule is CC(O)C1CCN(CN2C(=O)C(C)(C)C2(C)C)CC1. The van der Waals surface area contributed by atoms with E-state index in [1.54, 1.807) is 0 Å². The summed E-state index contributed by atoms with van der Waals surface area (Å²) >= 11 is 0. The molecule has 0 radical (unpaired) electrons. The number of carbonyl (C=O) groups is 1. The fourth-order valence-electron chi connectivity index (χ4n) is 3.16. The summed E-state index contributed by atoms with van der Waals surface area (Å²) in [7, 11) is 0. The van der Waals surface area contributed by atoms with Crippen molar-refractivity contribution in [3.05, 3.63) is 0 Å². The molecule has 110 valence electrons. The Morgan fingerprint density at radius 1 is 1.26 bits per heavy atom. The van der Waals surface area contributed by atoms with E-state index in [2.05, 4.69) is 18.7 Å². The van der Waals surface area contributed by atoms with Crippen LogP contribution in [0.15, 0.2) is 0 Å². The van der Waals surface area contributed by atoms with Crippen molar-refractivity contribution < 1.29 is 9.90 Å². The van der Waals surface area contributed by atoms with Crippen molar-refractivity contribution in [3.63, 3.8) is 0 Å². The molecule has 0 spiro atoms. The van der Waals surface area contributed by atoms with E-state index in [0.717, 1.165) is 32.6 Å². The second-order valence-electron chi connectivity index (χ2n) is 7.25. The standard InChI is InChI=1S/C15H28N2O2/c1-11(18)12-6-8-16(9-7-12)10-17-13(19)14(2,3)15(17,4)5/h11-12,18H,6-10H2,1-5H3. The molecule has 2 aliphatic heterocycles. The number of hydrogen-bond donors (Lipinski definition) is 1. The maximum absolute atomic E-state index is 12.2. The summed E-state index contributed by atoms with van der Waals surface area (Å²) in [6.45, 7) is 12.9. The molecule has 2 heterocycles. The Morgan fingerprint density at radius 3 is 2.21 bits per heavy atom. The first-order chi connectivity index (χ1) is 8.68. The molecule has 0 aromatic carbocycles. The molecule has 0 aromatic rings. The molecule has 0 saturated carbocycles. The maximum Gasteiger partial charge on any atom is 0.232 e. The van der Waals surface area contributed by atoms with Crippen LogP contribution in [0.2, 0.25) is 0 Å². The number of nitrogens with zero attached hydrogens (tertiary/aromatic N) is 2. The highest BCUT2D eigenvalue weighted by Crippen LogP contribution is 2.47. The quantitative estimate of drug-likeness (QED) is 0.792. The highest BCUT2D eigenvalue weighted by molar-refractivity contribution is 5.90. The number of aliphatic hydroxyl groups excluding tert-OH is 1. The maximum atomic E-state index is 12.2. The number of likely N-dealkylation sites (tertiary alicyclic amines) is 2. The van der Waals surface area contributed by atoms with Crippen LogP contribution >= 0.6 is 0 Å². The average Bonchev–Trinajstić information content (AvgIpc) is 2.35. The molecular weight excluding hydrogens is 240 g/mol. The van der Waals surface area contributed by atoms with Crippen molar-refractivity contribution in [3.8, 4) is 0 Å². The first kappa shape index (κ1) is 14.8. The first-order valence-corrected chi connectivity index (χ1v) is 7.40. The molecule has 0 aliphatic carbocycles. The van der Waals surface area contributed by atoms with E-state index in [-0.39, 0.29) is 23.0 Å². The van der Waals surface area contributed by atoms with Gasteiger partial charge in [-0.3, -0.25) is 9.69 Å². The summed E-state index contributed by atoms with van der Waals surface area (Å²) in [4.78, 5) is 16.5. The van der Waals surface area contributed by atoms with Gasteiger partial charge in [-0.05, 0) is 53.4 Å². The number of β-lactam (4-membered cyclic amide) rings is 1. The lowest BCUT2D eigenvalue weighted by molar-refractivity contribution is -0.189. The van der Waals surface area contributed by atoms with Crippen LogP contribution in [-0.4, -0.2) is 52.2 Å². The minimum atomic E-state index is -0.245. The molecule has 1 unspecified atom stereocenters. The van der Waals surface area contributed by atoms with Crippen LogP contribution in [0.1, 0.15) is 47.5 Å². The Kier molecular flexibility index (Phi) is 3.69. The van der Waals surface area contributed by atoms with Gasteiger partial charge in [-0.25, -0.2) is 0 Å². The second-order valence-corrected chi connectivity index (χ2v) is 7.25. The third-order valence-corrected chi connectivity index (χ3v) is 5.64. The third kappa shape index (κ3) is 2.29. The van der Waals surface area contributed by atoms with Gasteiger partial charge in [0.15, 0.2) is 0 Å². The molecule has 19 heavy (non-hydrogen) atoms. The molecule has 1 atom stereocenters. The monoisotopic (exact) mass is 268 g/mol. The van der Waals surface area contributed by atoms with Gasteiger partial charge in [0, 0.05) is 13.1 Å². The highest BCUT2D eigenvalue weighted by Gasteiger charge is 2.60. The van der Waals surface area contributed by atoms with Gasteiger partial charge in [0.2, 0.25) is 5.91 Å². The zero-order valence-corrected chi connectivity index (χ0v) is 12.9. The Labute approximate surface area is 116 Å². The molecule has 4 nitrogen and oxygen atoms in total. The lowest BCUT2D eigenvalue weighted by atomic mass is 9.64. The Morgan fingerprint density at radius 2 is 1.79 bits per heavy atom. The van der Waals surface area contributed by atoms with Gasteiger partial charge >= 0.3 is 0 Å². The van der Waals surface area contributed by atoms with Gasteiger partial charge in [-0.1, -0.05) is 0 Å². The predicted octanol–water partition coefficient (Wildman–Crippen LogP) is 1.68. The van der Waals surface area contributed by atoms with Crippen molar-refractivity contribution in [1.29, 1.82) is 0 Å². The first-order valence-electron chi connectivity index (χ1n) is 7.40. The Hall–Kier alpha value is -0.610. The minimum Gasteiger partial charge on any atom is -0.393 e. The van der Waals surface area contributed by atoms with Crippen LogP contribution < -0.4 is 0 Å². The molecule has 1 amide bonds. The highest BCUT2D eigenvalue weighted by atomic mass is 16.3. The largest absolute Gasteiger partial charge is 0.393 e. The molecule has 2 rings (SSSR count). The van der Waals surface area contributed by atoms with Crippen molar-refractivity contribution >= 4 is 5.91 Å². The topological polar surface area (TPSA) is 43.8 Å². The van der Waals surface area contributed by atoms with E-state index >= 15 is 0 Å². The molecule has 2 fully saturated rings. The number of aliphatic hydroxyl groups is 1. The fraction of sp³-hybridized carbons (Fsp3) is 0.933. The second kappa shape index (κ2) is 4.74. The van der Waals surface area contributed by atoms with Gasteiger partial charge in [0.25, 0.3) is 0 Å². The van der Waals surface area contributed by atoms with Gasteiger partial charge in [-0.2, -0.15) is 0 Å². The van der Waals surface area contributed by atoms with Crippen molar-refractivity contribution in [1.82, 2.24) is 9.80 Å². The average molecular weight is 268 g/mol. The Bertz CT molecular complexity index is 355. The molecule has 2 saturated heterocycles. The number of amides is 1. The van der Waals surface area contributed by atoms with E-state index in [4.69, 9.17) is 0 Å². The fourth-order valence-corrected chi connectivity index (χ4v) is 3.16. The Balaban J connectivity index is 1.89. The summed E-state index contributed by atoms with van der Waals surface area (Å²) in [6, 6.07) is 0. The summed E-state index contributed by atoms with van der Waals surface area (Å²) in [5, 5.41) is 9.61. The van der Waals surface area contributed by atoms with Crippen LogP contribution in [0.4, 0.5) is 0 Å². The van der Waals surface area contributed by atoms with E-state index < -0.39 is 0 Å². The van der Waals surface area contributed by atoms with Crippen LogP contribution in [0, 0.1) is 11.3 Å².